The van der Waals surface area contributed by atoms with Crippen LogP contribution in [0, 0.1) is 0 Å². The molecule has 5 nitrogen and oxygen atoms in total. The lowest BCUT2D eigenvalue weighted by Crippen LogP contribution is -2.41. The third-order valence-corrected chi connectivity index (χ3v) is 5.79. The maximum Gasteiger partial charge on any atom is 0.303 e. The third-order valence-electron chi connectivity index (χ3n) is 5.79. The minimum absolute atomic E-state index is 0.0171. The molecule has 1 aliphatic rings. The van der Waals surface area contributed by atoms with Crippen LogP contribution in [0.2, 0.25) is 0 Å². The van der Waals surface area contributed by atoms with E-state index in [1.165, 1.54) is 30.4 Å². The van der Waals surface area contributed by atoms with E-state index in [-0.39, 0.29) is 12.6 Å². The van der Waals surface area contributed by atoms with E-state index in [0.717, 1.165) is 38.1 Å². The molecule has 168 valence electrons. The van der Waals surface area contributed by atoms with Gasteiger partial charge in [-0.05, 0) is 55.7 Å². The predicted molar refractivity (Wildman–Crippen MR) is 122 cm³/mol. The summed E-state index contributed by atoms with van der Waals surface area (Å²) in [6.07, 6.45) is 7.12. The maximum atomic E-state index is 10.9. The van der Waals surface area contributed by atoms with Crippen LogP contribution >= 0.6 is 0 Å². The zero-order valence-electron chi connectivity index (χ0n) is 18.4. The van der Waals surface area contributed by atoms with E-state index in [1.807, 2.05) is 18.2 Å². The number of ether oxygens (including phenoxy) is 2. The Hall–Kier alpha value is -2.37. The maximum absolute atomic E-state index is 10.9. The average Bonchev–Trinajstić information content (AvgIpc) is 2.81. The van der Waals surface area contributed by atoms with Crippen LogP contribution in [-0.4, -0.2) is 48.5 Å². The molecule has 0 spiro atoms. The second-order valence-electron chi connectivity index (χ2n) is 8.15. The summed E-state index contributed by atoms with van der Waals surface area (Å²) in [6, 6.07) is 18.7. The Bertz CT molecular complexity index is 774. The molecule has 2 aromatic carbocycles. The number of carboxylic acids is 1. The van der Waals surface area contributed by atoms with Crippen LogP contribution in [0.25, 0.3) is 0 Å². The van der Waals surface area contributed by atoms with Crippen LogP contribution in [-0.2, 0) is 22.4 Å². The second-order valence-corrected chi connectivity index (χ2v) is 8.15. The highest BCUT2D eigenvalue weighted by Gasteiger charge is 2.21. The van der Waals surface area contributed by atoms with Gasteiger partial charge in [-0.2, -0.15) is 0 Å². The van der Waals surface area contributed by atoms with Crippen molar-refractivity contribution >= 4 is 5.97 Å². The number of carboxylic acid groups (broad SMARTS) is 1. The lowest BCUT2D eigenvalue weighted by atomic mass is 10.0. The fraction of sp³-hybridized carbons (Fsp3) is 0.500. The highest BCUT2D eigenvalue weighted by molar-refractivity contribution is 5.66. The number of hydrogen-bond acceptors (Lipinski definition) is 4. The minimum Gasteiger partial charge on any atom is -0.491 e. The van der Waals surface area contributed by atoms with Gasteiger partial charge in [-0.25, -0.2) is 0 Å². The quantitative estimate of drug-likeness (QED) is 0.461. The van der Waals surface area contributed by atoms with Crippen LogP contribution < -0.4 is 4.74 Å². The normalized spacial score (nSPS) is 15.5. The van der Waals surface area contributed by atoms with Crippen molar-refractivity contribution in [3.63, 3.8) is 0 Å². The Morgan fingerprint density at radius 3 is 2.45 bits per heavy atom. The van der Waals surface area contributed by atoms with Crippen molar-refractivity contribution in [2.24, 2.45) is 0 Å². The largest absolute Gasteiger partial charge is 0.491 e. The van der Waals surface area contributed by atoms with E-state index in [1.54, 1.807) is 0 Å². The van der Waals surface area contributed by atoms with E-state index in [9.17, 15) is 4.79 Å². The first kappa shape index (κ1) is 23.3. The van der Waals surface area contributed by atoms with Gasteiger partial charge in [0.1, 0.15) is 18.6 Å². The number of nitrogens with zero attached hydrogens (tertiary/aromatic N) is 1. The molecular formula is C26H35NO4. The number of aliphatic carboxylic acids is 1. The predicted octanol–water partition coefficient (Wildman–Crippen LogP) is 4.93. The Morgan fingerprint density at radius 1 is 0.935 bits per heavy atom. The van der Waals surface area contributed by atoms with Crippen LogP contribution in [0.15, 0.2) is 54.6 Å². The number of aryl methyl sites for hydroxylation is 2. The van der Waals surface area contributed by atoms with Crippen molar-refractivity contribution < 1.29 is 19.4 Å². The number of hydrogen-bond donors (Lipinski definition) is 1. The van der Waals surface area contributed by atoms with E-state index in [0.29, 0.717) is 19.6 Å². The number of carbonyl (C=O) groups is 1. The van der Waals surface area contributed by atoms with Crippen LogP contribution in [0.1, 0.15) is 49.7 Å². The third kappa shape index (κ3) is 8.35. The van der Waals surface area contributed by atoms with Gasteiger partial charge in [0.2, 0.25) is 0 Å². The Labute approximate surface area is 186 Å². The Kier molecular flexibility index (Phi) is 9.87. The minimum atomic E-state index is -0.743. The highest BCUT2D eigenvalue weighted by atomic mass is 16.5. The molecule has 0 saturated carbocycles. The molecule has 2 aromatic rings. The fourth-order valence-electron chi connectivity index (χ4n) is 4.12. The number of rotatable bonds is 13. The van der Waals surface area contributed by atoms with E-state index in [2.05, 4.69) is 41.3 Å². The molecule has 1 atom stereocenters. The van der Waals surface area contributed by atoms with Crippen molar-refractivity contribution in [2.75, 3.05) is 26.3 Å². The van der Waals surface area contributed by atoms with E-state index < -0.39 is 5.97 Å². The zero-order valence-corrected chi connectivity index (χ0v) is 18.4. The summed E-state index contributed by atoms with van der Waals surface area (Å²) in [7, 11) is 0. The summed E-state index contributed by atoms with van der Waals surface area (Å²) in [5.41, 5.74) is 2.53. The first-order chi connectivity index (χ1) is 15.2. The first-order valence-corrected chi connectivity index (χ1v) is 11.5. The fourth-order valence-corrected chi connectivity index (χ4v) is 4.12. The summed E-state index contributed by atoms with van der Waals surface area (Å²) in [4.78, 5) is 13.2. The van der Waals surface area contributed by atoms with Crippen molar-refractivity contribution in [2.45, 2.75) is 57.6 Å². The van der Waals surface area contributed by atoms with Gasteiger partial charge in [0, 0.05) is 19.5 Å². The molecule has 1 heterocycles. The summed E-state index contributed by atoms with van der Waals surface area (Å²) < 4.78 is 12.2. The summed E-state index contributed by atoms with van der Waals surface area (Å²) in [5.74, 6) is 0.176. The molecule has 0 aromatic heterocycles. The summed E-state index contributed by atoms with van der Waals surface area (Å²) >= 11 is 0. The first-order valence-electron chi connectivity index (χ1n) is 11.5. The number of benzene rings is 2. The topological polar surface area (TPSA) is 59.0 Å². The molecule has 5 heteroatoms. The van der Waals surface area contributed by atoms with Gasteiger partial charge in [-0.1, -0.05) is 55.0 Å². The molecule has 0 bridgehead atoms. The zero-order chi connectivity index (χ0) is 21.7. The molecule has 1 saturated heterocycles. The van der Waals surface area contributed by atoms with Gasteiger partial charge in [0.25, 0.3) is 0 Å². The molecule has 0 aliphatic carbocycles. The van der Waals surface area contributed by atoms with Crippen LogP contribution in [0.5, 0.6) is 5.75 Å². The van der Waals surface area contributed by atoms with Crippen molar-refractivity contribution in [3.8, 4) is 5.75 Å². The molecule has 1 N–H and O–H groups in total. The van der Waals surface area contributed by atoms with Gasteiger partial charge in [0.15, 0.2) is 0 Å². The van der Waals surface area contributed by atoms with Crippen LogP contribution in [0.3, 0.4) is 0 Å². The smallest absolute Gasteiger partial charge is 0.303 e. The molecular weight excluding hydrogens is 390 g/mol. The van der Waals surface area contributed by atoms with E-state index in [4.69, 9.17) is 14.6 Å². The number of para-hydroxylation sites is 1. The SMILES string of the molecule is O=C(O)CCCC(OCCOc1ccccc1CCc1ccccc1)N1CCCCC1. The van der Waals surface area contributed by atoms with Crippen molar-refractivity contribution in [1.29, 1.82) is 0 Å². The molecule has 0 radical (unpaired) electrons. The summed E-state index contributed by atoms with van der Waals surface area (Å²) in [5, 5.41) is 8.94. The highest BCUT2D eigenvalue weighted by Crippen LogP contribution is 2.21. The molecule has 3 rings (SSSR count). The van der Waals surface area contributed by atoms with Gasteiger partial charge in [0.05, 0.1) is 6.61 Å². The molecule has 31 heavy (non-hydrogen) atoms. The summed E-state index contributed by atoms with van der Waals surface area (Å²) in [6.45, 7) is 3.05. The van der Waals surface area contributed by atoms with Gasteiger partial charge in [-0.3, -0.25) is 9.69 Å². The standard InChI is InChI=1S/C26H35NO4/c28-26(29)15-9-14-25(27-18-7-2-8-19-27)31-21-20-30-24-13-6-5-12-23(24)17-16-22-10-3-1-4-11-22/h1,3-6,10-13,25H,2,7-9,14-21H2,(H,28,29). The van der Waals surface area contributed by atoms with Gasteiger partial charge >= 0.3 is 5.97 Å². The number of likely N-dealkylation sites (tertiary alicyclic amines) is 1. The van der Waals surface area contributed by atoms with E-state index >= 15 is 0 Å². The molecule has 1 fully saturated rings. The molecule has 1 unspecified atom stereocenters. The van der Waals surface area contributed by atoms with Crippen molar-refractivity contribution in [3.05, 3.63) is 65.7 Å². The Balaban J connectivity index is 1.46. The van der Waals surface area contributed by atoms with Gasteiger partial charge < -0.3 is 14.6 Å². The number of piperidine rings is 1. The molecule has 0 amide bonds. The van der Waals surface area contributed by atoms with Crippen molar-refractivity contribution in [1.82, 2.24) is 4.90 Å². The average molecular weight is 426 g/mol. The lowest BCUT2D eigenvalue weighted by Gasteiger charge is -2.34. The second kappa shape index (κ2) is 13.1. The van der Waals surface area contributed by atoms with Crippen LogP contribution in [0.4, 0.5) is 0 Å². The van der Waals surface area contributed by atoms with Gasteiger partial charge in [-0.15, -0.1) is 0 Å². The molecule has 1 aliphatic heterocycles. The lowest BCUT2D eigenvalue weighted by molar-refractivity contribution is -0.137. The monoisotopic (exact) mass is 425 g/mol. The Morgan fingerprint density at radius 2 is 1.68 bits per heavy atom.